The fourth-order valence-corrected chi connectivity index (χ4v) is 6.52. The summed E-state index contributed by atoms with van der Waals surface area (Å²) in [5.74, 6) is -3.62. The van der Waals surface area contributed by atoms with Gasteiger partial charge in [-0.2, -0.15) is 0 Å². The van der Waals surface area contributed by atoms with Crippen molar-refractivity contribution in [2.45, 2.75) is 38.6 Å². The Labute approximate surface area is 220 Å². The standard InChI is InChI=1S/C31H28N2O5/c1-16-9-8-14-23(17(16)2)32-24(34)15-38-31(37)18(3)33-29(35)27-25-19-10-4-5-11-20(19)26(28(27)30(33)36)22-13-7-6-12-21(22)25/h4-14,18,25-28H,15H2,1-3H3,(H,32,34)/t18-,25?,26?,27-,28+/m1/s1. The molecule has 0 aromatic heterocycles. The number of carbonyl (C=O) groups is 4. The molecule has 4 aliphatic rings. The van der Waals surface area contributed by atoms with Gasteiger partial charge >= 0.3 is 5.97 Å². The Morgan fingerprint density at radius 1 is 0.816 bits per heavy atom. The van der Waals surface area contributed by atoms with Crippen molar-refractivity contribution in [3.8, 4) is 0 Å². The van der Waals surface area contributed by atoms with Gasteiger partial charge in [0.1, 0.15) is 6.04 Å². The molecule has 1 saturated heterocycles. The SMILES string of the molecule is Cc1cccc(NC(=O)COC(=O)[C@@H](C)N2C(=O)[C@@H]3C4c5ccccc5C(c5ccccc54)[C@@H]3C2=O)c1C. The maximum atomic E-state index is 13.8. The first kappa shape index (κ1) is 24.1. The molecule has 192 valence electrons. The maximum absolute atomic E-state index is 13.8. The van der Waals surface area contributed by atoms with Crippen LogP contribution in [0.3, 0.4) is 0 Å². The minimum absolute atomic E-state index is 0.245. The number of ether oxygens (including phenoxy) is 1. The number of anilines is 1. The van der Waals surface area contributed by atoms with Crippen LogP contribution < -0.4 is 5.32 Å². The zero-order valence-corrected chi connectivity index (χ0v) is 21.4. The van der Waals surface area contributed by atoms with E-state index in [1.165, 1.54) is 6.92 Å². The van der Waals surface area contributed by atoms with E-state index in [4.69, 9.17) is 4.74 Å². The van der Waals surface area contributed by atoms with Crippen molar-refractivity contribution >= 4 is 29.4 Å². The van der Waals surface area contributed by atoms with Crippen LogP contribution in [0.5, 0.6) is 0 Å². The van der Waals surface area contributed by atoms with E-state index in [1.54, 1.807) is 6.07 Å². The van der Waals surface area contributed by atoms with Crippen LogP contribution >= 0.6 is 0 Å². The van der Waals surface area contributed by atoms with E-state index < -0.39 is 36.4 Å². The van der Waals surface area contributed by atoms with Gasteiger partial charge in [-0.3, -0.25) is 19.3 Å². The number of benzene rings is 3. The molecular weight excluding hydrogens is 480 g/mol. The summed E-state index contributed by atoms with van der Waals surface area (Å²) in [5.41, 5.74) is 6.87. The molecule has 7 nitrogen and oxygen atoms in total. The Balaban J connectivity index is 1.21. The normalized spacial score (nSPS) is 23.4. The highest BCUT2D eigenvalue weighted by Crippen LogP contribution is 2.61. The molecule has 1 fully saturated rings. The van der Waals surface area contributed by atoms with Crippen molar-refractivity contribution in [2.24, 2.45) is 11.8 Å². The molecule has 3 aliphatic carbocycles. The molecular formula is C31H28N2O5. The second-order valence-corrected chi connectivity index (χ2v) is 10.4. The number of rotatable bonds is 5. The maximum Gasteiger partial charge on any atom is 0.329 e. The molecule has 3 atom stereocenters. The molecule has 38 heavy (non-hydrogen) atoms. The number of hydrogen-bond donors (Lipinski definition) is 1. The zero-order chi connectivity index (χ0) is 26.7. The Morgan fingerprint density at radius 3 is 1.82 bits per heavy atom. The third kappa shape index (κ3) is 3.49. The van der Waals surface area contributed by atoms with Gasteiger partial charge < -0.3 is 10.1 Å². The minimum Gasteiger partial charge on any atom is -0.454 e. The lowest BCUT2D eigenvalue weighted by Gasteiger charge is -2.45. The predicted molar refractivity (Wildman–Crippen MR) is 140 cm³/mol. The molecule has 0 saturated carbocycles. The van der Waals surface area contributed by atoms with Crippen LogP contribution in [0, 0.1) is 25.7 Å². The Morgan fingerprint density at radius 2 is 1.32 bits per heavy atom. The molecule has 0 radical (unpaired) electrons. The molecule has 1 heterocycles. The molecule has 1 N–H and O–H groups in total. The smallest absolute Gasteiger partial charge is 0.329 e. The van der Waals surface area contributed by atoms with Crippen molar-refractivity contribution in [3.63, 3.8) is 0 Å². The van der Waals surface area contributed by atoms with Gasteiger partial charge in [-0.05, 0) is 60.2 Å². The fraction of sp³-hybridized carbons (Fsp3) is 0.290. The third-order valence-corrected chi connectivity index (χ3v) is 8.44. The van der Waals surface area contributed by atoms with E-state index in [-0.39, 0.29) is 23.7 Å². The minimum atomic E-state index is -1.14. The van der Waals surface area contributed by atoms with Gasteiger partial charge in [-0.25, -0.2) is 4.79 Å². The summed E-state index contributed by atoms with van der Waals surface area (Å²) in [7, 11) is 0. The predicted octanol–water partition coefficient (Wildman–Crippen LogP) is 4.07. The van der Waals surface area contributed by atoms with E-state index in [0.717, 1.165) is 38.3 Å². The number of amides is 3. The second kappa shape index (κ2) is 8.94. The van der Waals surface area contributed by atoms with Crippen molar-refractivity contribution < 1.29 is 23.9 Å². The summed E-state index contributed by atoms with van der Waals surface area (Å²) in [5, 5.41) is 2.75. The quantitative estimate of drug-likeness (QED) is 0.414. The summed E-state index contributed by atoms with van der Waals surface area (Å²) in [6.45, 7) is 4.81. The number of nitrogens with zero attached hydrogens (tertiary/aromatic N) is 1. The van der Waals surface area contributed by atoms with Gasteiger partial charge in [0.05, 0.1) is 11.8 Å². The highest BCUT2D eigenvalue weighted by Gasteiger charge is 2.62. The number of esters is 1. The van der Waals surface area contributed by atoms with E-state index in [2.05, 4.69) is 5.32 Å². The van der Waals surface area contributed by atoms with Crippen LogP contribution in [0.4, 0.5) is 5.69 Å². The van der Waals surface area contributed by atoms with Gasteiger partial charge in [0.25, 0.3) is 5.91 Å². The van der Waals surface area contributed by atoms with Gasteiger partial charge in [-0.1, -0.05) is 60.7 Å². The lowest BCUT2D eigenvalue weighted by atomic mass is 9.55. The Kier molecular flexibility index (Phi) is 5.67. The average molecular weight is 509 g/mol. The molecule has 2 bridgehead atoms. The first-order chi connectivity index (χ1) is 18.3. The number of imide groups is 1. The first-order valence-corrected chi connectivity index (χ1v) is 12.9. The Hall–Kier alpha value is -4.26. The van der Waals surface area contributed by atoms with Crippen LogP contribution in [0.2, 0.25) is 0 Å². The van der Waals surface area contributed by atoms with E-state index in [0.29, 0.717) is 5.69 Å². The Bertz CT molecular complexity index is 1400. The average Bonchev–Trinajstić information content (AvgIpc) is 3.19. The molecule has 0 spiro atoms. The molecule has 3 aromatic carbocycles. The summed E-state index contributed by atoms with van der Waals surface area (Å²) in [4.78, 5) is 54.1. The molecule has 7 heteroatoms. The van der Waals surface area contributed by atoms with Gasteiger partial charge in [0.2, 0.25) is 11.8 Å². The van der Waals surface area contributed by atoms with Gasteiger partial charge in [0.15, 0.2) is 6.61 Å². The first-order valence-electron chi connectivity index (χ1n) is 12.9. The van der Waals surface area contributed by atoms with Crippen LogP contribution in [0.25, 0.3) is 0 Å². The van der Waals surface area contributed by atoms with Crippen molar-refractivity contribution in [3.05, 3.63) is 100 Å². The van der Waals surface area contributed by atoms with Crippen LogP contribution in [0.15, 0.2) is 66.7 Å². The van der Waals surface area contributed by atoms with Gasteiger partial charge in [-0.15, -0.1) is 0 Å². The van der Waals surface area contributed by atoms with Crippen LogP contribution in [-0.2, 0) is 23.9 Å². The summed E-state index contributed by atoms with van der Waals surface area (Å²) in [6, 6.07) is 20.4. The zero-order valence-electron chi connectivity index (χ0n) is 21.4. The number of aryl methyl sites for hydroxylation is 1. The third-order valence-electron chi connectivity index (χ3n) is 8.44. The highest BCUT2D eigenvalue weighted by molar-refractivity contribution is 6.10. The summed E-state index contributed by atoms with van der Waals surface area (Å²) in [6.07, 6.45) is 0. The lowest BCUT2D eigenvalue weighted by molar-refractivity contribution is -0.159. The molecule has 7 rings (SSSR count). The van der Waals surface area contributed by atoms with Crippen molar-refractivity contribution in [2.75, 3.05) is 11.9 Å². The van der Waals surface area contributed by atoms with Crippen LogP contribution in [-0.4, -0.2) is 41.2 Å². The molecule has 1 aliphatic heterocycles. The number of carbonyl (C=O) groups excluding carboxylic acids is 4. The monoisotopic (exact) mass is 508 g/mol. The number of likely N-dealkylation sites (tertiary alicyclic amines) is 1. The van der Waals surface area contributed by atoms with E-state index in [1.807, 2.05) is 74.5 Å². The summed E-state index contributed by atoms with van der Waals surface area (Å²) < 4.78 is 5.27. The highest BCUT2D eigenvalue weighted by atomic mass is 16.5. The number of nitrogens with one attached hydrogen (secondary N) is 1. The largest absolute Gasteiger partial charge is 0.454 e. The topological polar surface area (TPSA) is 92.8 Å². The summed E-state index contributed by atoms with van der Waals surface area (Å²) >= 11 is 0. The molecule has 0 unspecified atom stereocenters. The second-order valence-electron chi connectivity index (χ2n) is 10.4. The van der Waals surface area contributed by atoms with Crippen LogP contribution in [0.1, 0.15) is 52.1 Å². The number of hydrogen-bond acceptors (Lipinski definition) is 5. The van der Waals surface area contributed by atoms with Crippen molar-refractivity contribution in [1.29, 1.82) is 0 Å². The van der Waals surface area contributed by atoms with E-state index in [9.17, 15) is 19.2 Å². The lowest BCUT2D eigenvalue weighted by Crippen LogP contribution is -2.45. The van der Waals surface area contributed by atoms with Gasteiger partial charge in [0, 0.05) is 17.5 Å². The molecule has 3 aromatic rings. The fourth-order valence-electron chi connectivity index (χ4n) is 6.52. The van der Waals surface area contributed by atoms with Crippen molar-refractivity contribution in [1.82, 2.24) is 4.90 Å². The molecule has 3 amide bonds. The van der Waals surface area contributed by atoms with E-state index >= 15 is 0 Å².